The Hall–Kier alpha value is -4.08. The zero-order chi connectivity index (χ0) is 25.3. The van der Waals surface area contributed by atoms with E-state index in [2.05, 4.69) is 10.1 Å². The van der Waals surface area contributed by atoms with Crippen LogP contribution >= 0.6 is 0 Å². The van der Waals surface area contributed by atoms with Gasteiger partial charge in [-0.1, -0.05) is 41.6 Å². The van der Waals surface area contributed by atoms with Crippen molar-refractivity contribution in [3.8, 4) is 17.1 Å². The lowest BCUT2D eigenvalue weighted by Gasteiger charge is -2.13. The van der Waals surface area contributed by atoms with Gasteiger partial charge in [-0.3, -0.25) is 16.0 Å². The first-order valence-electron chi connectivity index (χ1n) is 11.6. The summed E-state index contributed by atoms with van der Waals surface area (Å²) in [6.07, 6.45) is -2.46. The highest BCUT2D eigenvalue weighted by atomic mass is 19.4. The fourth-order valence-electron chi connectivity index (χ4n) is 4.57. The maximum atomic E-state index is 13.2. The van der Waals surface area contributed by atoms with E-state index < -0.39 is 11.7 Å². The van der Waals surface area contributed by atoms with Gasteiger partial charge < -0.3 is 9.26 Å². The number of rotatable bonds is 6. The summed E-state index contributed by atoms with van der Waals surface area (Å²) < 4.78 is 52.7. The van der Waals surface area contributed by atoms with Crippen LogP contribution in [-0.4, -0.2) is 33.8 Å². The van der Waals surface area contributed by atoms with Crippen molar-refractivity contribution in [3.63, 3.8) is 0 Å². The van der Waals surface area contributed by atoms with Gasteiger partial charge in [0, 0.05) is 12.0 Å². The Balaban J connectivity index is 1.28. The molecule has 0 radical (unpaired) electrons. The van der Waals surface area contributed by atoms with Crippen molar-refractivity contribution in [2.45, 2.75) is 31.5 Å². The van der Waals surface area contributed by atoms with Crippen molar-refractivity contribution in [3.05, 3.63) is 77.7 Å². The predicted octanol–water partition coefficient (Wildman–Crippen LogP) is 4.65. The molecule has 0 unspecified atom stereocenters. The number of alkyl halides is 3. The average molecular weight is 497 g/mol. The summed E-state index contributed by atoms with van der Waals surface area (Å²) in [6.45, 7) is 0.880. The number of benzene rings is 3. The van der Waals surface area contributed by atoms with Gasteiger partial charge in [-0.05, 0) is 53.4 Å². The molecular weight excluding hydrogens is 471 g/mol. The summed E-state index contributed by atoms with van der Waals surface area (Å²) in [5.41, 5.74) is 11.9. The van der Waals surface area contributed by atoms with Crippen molar-refractivity contribution in [1.82, 2.24) is 10.1 Å². The Morgan fingerprint density at radius 2 is 1.83 bits per heavy atom. The number of fused-ring (bicyclic) bond motifs is 1. The predicted molar refractivity (Wildman–Crippen MR) is 128 cm³/mol. The van der Waals surface area contributed by atoms with Crippen molar-refractivity contribution in [1.29, 1.82) is 0 Å². The number of nitrogens with two attached hydrogens (primary N) is 2. The van der Waals surface area contributed by atoms with E-state index in [0.29, 0.717) is 17.5 Å². The van der Waals surface area contributed by atoms with Gasteiger partial charge in [-0.2, -0.15) is 18.2 Å². The van der Waals surface area contributed by atoms with Gasteiger partial charge in [0.05, 0.1) is 18.7 Å². The van der Waals surface area contributed by atoms with Crippen molar-refractivity contribution in [2.75, 3.05) is 13.2 Å². The molecule has 4 aromatic rings. The summed E-state index contributed by atoms with van der Waals surface area (Å²) in [7, 11) is 0. The monoisotopic (exact) mass is 496 g/mol. The smallest absolute Gasteiger partial charge is 0.416 e. The van der Waals surface area contributed by atoms with E-state index in [0.717, 1.165) is 41.8 Å². The number of hydrogen-bond acceptors (Lipinski definition) is 4. The minimum absolute atomic E-state index is 0.125. The summed E-state index contributed by atoms with van der Waals surface area (Å²) >= 11 is 0. The van der Waals surface area contributed by atoms with Crippen LogP contribution in [0.2, 0.25) is 0 Å². The summed E-state index contributed by atoms with van der Waals surface area (Å²) in [6, 6.07) is 16.7. The van der Waals surface area contributed by atoms with E-state index in [1.807, 2.05) is 34.9 Å². The van der Waals surface area contributed by atoms with Gasteiger partial charge in [0.1, 0.15) is 5.75 Å². The first-order valence-corrected chi connectivity index (χ1v) is 11.6. The normalized spacial score (nSPS) is 16.0. The van der Waals surface area contributed by atoms with Gasteiger partial charge in [0.15, 0.2) is 6.04 Å². The molecule has 0 saturated carbocycles. The minimum Gasteiger partial charge on any atom is -0.493 e. The highest BCUT2D eigenvalue weighted by Crippen LogP contribution is 2.33. The quantitative estimate of drug-likeness (QED) is 0.298. The molecule has 1 aliphatic heterocycles. The van der Waals surface area contributed by atoms with Gasteiger partial charge >= 0.3 is 12.1 Å². The van der Waals surface area contributed by atoms with Gasteiger partial charge in [-0.15, -0.1) is 0 Å². The second kappa shape index (κ2) is 9.52. The zero-order valence-corrected chi connectivity index (χ0v) is 19.3. The molecule has 0 aliphatic carbocycles. The maximum Gasteiger partial charge on any atom is 0.416 e. The number of ether oxygens (including phenoxy) is 1. The number of halogens is 3. The Kier molecular flexibility index (Phi) is 6.26. The molecule has 36 heavy (non-hydrogen) atoms. The Labute approximate surface area is 205 Å². The first-order chi connectivity index (χ1) is 17.3. The molecule has 10 heteroatoms. The summed E-state index contributed by atoms with van der Waals surface area (Å²) in [4.78, 5) is 4.56. The Morgan fingerprint density at radius 3 is 2.64 bits per heavy atom. The van der Waals surface area contributed by atoms with Crippen LogP contribution in [0.25, 0.3) is 22.2 Å². The number of hydrogen-bond donors (Lipinski definition) is 2. The average Bonchev–Trinajstić information content (AvgIpc) is 3.53. The lowest BCUT2D eigenvalue weighted by atomic mass is 10.0. The third-order valence-corrected chi connectivity index (χ3v) is 6.34. The van der Waals surface area contributed by atoms with Crippen LogP contribution in [0, 0.1) is 0 Å². The van der Waals surface area contributed by atoms with Gasteiger partial charge in [0.2, 0.25) is 5.82 Å². The van der Waals surface area contributed by atoms with E-state index >= 15 is 0 Å². The number of aromatic nitrogens is 2. The molecule has 2 heterocycles. The number of guanidine groups is 1. The molecule has 1 aromatic heterocycles. The molecule has 1 fully saturated rings. The van der Waals surface area contributed by atoms with Crippen LogP contribution in [0.4, 0.5) is 13.2 Å². The van der Waals surface area contributed by atoms with Crippen LogP contribution in [0.15, 0.2) is 65.2 Å². The third kappa shape index (κ3) is 4.84. The molecule has 3 aromatic carbocycles. The number of nitrogens with zero attached hydrogens (tertiary/aromatic N) is 3. The maximum absolute atomic E-state index is 13.2. The molecule has 0 bridgehead atoms. The third-order valence-electron chi connectivity index (χ3n) is 6.34. The highest BCUT2D eigenvalue weighted by Gasteiger charge is 2.33. The van der Waals surface area contributed by atoms with Crippen LogP contribution in [0.3, 0.4) is 0 Å². The molecular formula is C26H25F3N5O2+. The van der Waals surface area contributed by atoms with E-state index in [9.17, 15) is 13.2 Å². The van der Waals surface area contributed by atoms with Crippen LogP contribution < -0.4 is 16.2 Å². The van der Waals surface area contributed by atoms with Crippen LogP contribution in [0.1, 0.15) is 35.9 Å². The molecule has 1 atom stereocenters. The summed E-state index contributed by atoms with van der Waals surface area (Å²) in [5, 5.41) is 5.99. The largest absolute Gasteiger partial charge is 0.493 e. The minimum atomic E-state index is -4.39. The molecule has 5 rings (SSSR count). The fourth-order valence-corrected chi connectivity index (χ4v) is 4.57. The molecule has 0 spiro atoms. The van der Waals surface area contributed by atoms with E-state index in [1.165, 1.54) is 12.1 Å². The van der Waals surface area contributed by atoms with Gasteiger partial charge in [0.25, 0.3) is 5.89 Å². The molecule has 1 aliphatic rings. The van der Waals surface area contributed by atoms with Gasteiger partial charge in [-0.25, -0.2) is 0 Å². The molecule has 1 saturated heterocycles. The molecule has 7 nitrogen and oxygen atoms in total. The van der Waals surface area contributed by atoms with Crippen LogP contribution in [0.5, 0.6) is 5.75 Å². The van der Waals surface area contributed by atoms with Crippen LogP contribution in [-0.2, 0) is 12.6 Å². The fraction of sp³-hybridized carbons (Fsp3) is 0.269. The van der Waals surface area contributed by atoms with E-state index in [1.54, 1.807) is 12.1 Å². The summed E-state index contributed by atoms with van der Waals surface area (Å²) in [5.74, 6) is 1.77. The Bertz CT molecular complexity index is 1430. The zero-order valence-electron chi connectivity index (χ0n) is 19.3. The standard InChI is InChI=1S/C26H24F3N5O2/c27-26(28,29)21-5-2-1-4-16(21)11-13-35-20-10-9-17-14-19(8-7-18(17)15-20)23-32-24(36-33-23)22-6-3-12-34(22)25(30)31/h1-2,4-5,7-10,14-15,22H,3,6,11-13H2,(H3,30,31)/p+1/t22-/m0/s1. The molecule has 186 valence electrons. The molecule has 0 amide bonds. The second-order valence-electron chi connectivity index (χ2n) is 8.71. The van der Waals surface area contributed by atoms with E-state index in [-0.39, 0.29) is 30.6 Å². The van der Waals surface area contributed by atoms with E-state index in [4.69, 9.17) is 20.7 Å². The lowest BCUT2D eigenvalue weighted by Crippen LogP contribution is -2.35. The first kappa shape index (κ1) is 23.7. The highest BCUT2D eigenvalue weighted by molar-refractivity contribution is 5.87. The topological polar surface area (TPSA) is 103 Å². The van der Waals surface area contributed by atoms with Crippen molar-refractivity contribution >= 4 is 16.7 Å². The lowest BCUT2D eigenvalue weighted by molar-refractivity contribution is -0.555. The van der Waals surface area contributed by atoms with Crippen molar-refractivity contribution < 1.29 is 27.0 Å². The molecule has 4 N–H and O–H groups in total. The SMILES string of the molecule is NC(N)=[N+]1CCC[C@H]1c1nc(-c2ccc3cc(OCCc4ccccc4C(F)(F)F)ccc3c2)no1. The van der Waals surface area contributed by atoms with Crippen molar-refractivity contribution in [2.24, 2.45) is 11.5 Å². The second-order valence-corrected chi connectivity index (χ2v) is 8.71. The Morgan fingerprint density at radius 1 is 1.06 bits per heavy atom.